The molecule has 1 heterocycles. The summed E-state index contributed by atoms with van der Waals surface area (Å²) in [7, 11) is 0. The van der Waals surface area contributed by atoms with Gasteiger partial charge in [-0.3, -0.25) is 0 Å². The number of hydrogen-bond donors (Lipinski definition) is 1. The van der Waals surface area contributed by atoms with Crippen molar-refractivity contribution in [1.29, 1.82) is 5.26 Å². The molecule has 1 N–H and O–H groups in total. The molecule has 2 rings (SSSR count). The molecular weight excluding hydrogens is 148 g/mol. The summed E-state index contributed by atoms with van der Waals surface area (Å²) in [6, 6.07) is 1.25. The van der Waals surface area contributed by atoms with Gasteiger partial charge in [0.05, 0.1) is 18.0 Å². The number of hydrogen-bond acceptors (Lipinski definition) is 1. The van der Waals surface area contributed by atoms with E-state index in [4.69, 9.17) is 10.7 Å². The highest BCUT2D eigenvalue weighted by Crippen LogP contribution is 2.17. The molecule has 2 aromatic rings. The standard InChI is InChI=1S/C10H8N2/c11-6-5-8-7-12-10-4-2-1-3-9(8)10/h1-4,7,12H,5H2/i1D,2D,3D,4D. The molecule has 2 nitrogen and oxygen atoms in total. The first-order valence-electron chi connectivity index (χ1n) is 5.51. The van der Waals surface area contributed by atoms with E-state index in [2.05, 4.69) is 4.98 Å². The molecule has 1 aromatic carbocycles. The molecule has 0 radical (unpaired) electrons. The van der Waals surface area contributed by atoms with Gasteiger partial charge in [-0.05, 0) is 11.6 Å². The van der Waals surface area contributed by atoms with Crippen molar-refractivity contribution in [1.82, 2.24) is 4.98 Å². The lowest BCUT2D eigenvalue weighted by Gasteiger charge is -1.89. The summed E-state index contributed by atoms with van der Waals surface area (Å²) >= 11 is 0. The van der Waals surface area contributed by atoms with Gasteiger partial charge in [-0.2, -0.15) is 5.26 Å². The van der Waals surface area contributed by atoms with Gasteiger partial charge < -0.3 is 4.98 Å². The Morgan fingerprint density at radius 2 is 2.33 bits per heavy atom. The number of aromatic nitrogens is 1. The summed E-state index contributed by atoms with van der Waals surface area (Å²) in [4.78, 5) is 2.79. The van der Waals surface area contributed by atoms with Crippen molar-refractivity contribution in [2.24, 2.45) is 0 Å². The maximum absolute atomic E-state index is 8.63. The predicted molar refractivity (Wildman–Crippen MR) is 47.6 cm³/mol. The summed E-state index contributed by atoms with van der Waals surface area (Å²) in [6.45, 7) is 0. The minimum absolute atomic E-state index is 0.0949. The number of H-pyrrole nitrogens is 1. The molecular formula is C10H8N2. The summed E-state index contributed by atoms with van der Waals surface area (Å²) in [5, 5.41) is 9.04. The molecule has 0 spiro atoms. The van der Waals surface area contributed by atoms with E-state index in [1.807, 2.05) is 6.07 Å². The van der Waals surface area contributed by atoms with Gasteiger partial charge in [-0.25, -0.2) is 0 Å². The minimum Gasteiger partial charge on any atom is -0.361 e. The molecule has 0 saturated heterocycles. The molecule has 0 saturated carbocycles. The smallest absolute Gasteiger partial charge is 0.0670 e. The van der Waals surface area contributed by atoms with Crippen LogP contribution >= 0.6 is 0 Å². The Bertz CT molecular complexity index is 610. The topological polar surface area (TPSA) is 39.6 Å². The summed E-state index contributed by atoms with van der Waals surface area (Å²) < 4.78 is 30.4. The normalized spacial score (nSPS) is 14.6. The van der Waals surface area contributed by atoms with Gasteiger partial charge in [0.2, 0.25) is 0 Å². The van der Waals surface area contributed by atoms with E-state index >= 15 is 0 Å². The summed E-state index contributed by atoms with van der Waals surface area (Å²) in [5.41, 5.74) is 0.959. The maximum atomic E-state index is 8.63. The largest absolute Gasteiger partial charge is 0.361 e. The average Bonchev–Trinajstić information content (AvgIpc) is 2.68. The molecule has 1 aromatic heterocycles. The van der Waals surface area contributed by atoms with Gasteiger partial charge >= 0.3 is 0 Å². The van der Waals surface area contributed by atoms with Crippen LogP contribution in [0.15, 0.2) is 30.4 Å². The lowest BCUT2D eigenvalue weighted by molar-refractivity contribution is 1.28. The van der Waals surface area contributed by atoms with E-state index in [0.29, 0.717) is 16.5 Å². The summed E-state index contributed by atoms with van der Waals surface area (Å²) in [5.74, 6) is 0. The fourth-order valence-corrected chi connectivity index (χ4v) is 1.12. The molecule has 0 unspecified atom stereocenters. The van der Waals surface area contributed by atoms with Crippen molar-refractivity contribution >= 4 is 10.9 Å². The van der Waals surface area contributed by atoms with Gasteiger partial charge in [-0.1, -0.05) is 18.1 Å². The van der Waals surface area contributed by atoms with E-state index in [0.717, 1.165) is 0 Å². The van der Waals surface area contributed by atoms with Gasteiger partial charge in [-0.15, -0.1) is 0 Å². The third-order valence-electron chi connectivity index (χ3n) is 1.67. The molecule has 12 heavy (non-hydrogen) atoms. The van der Waals surface area contributed by atoms with Crippen LogP contribution in [0.1, 0.15) is 11.0 Å². The Labute approximate surface area is 76.1 Å². The second kappa shape index (κ2) is 2.71. The van der Waals surface area contributed by atoms with Crippen LogP contribution in [0, 0.1) is 11.3 Å². The second-order valence-corrected chi connectivity index (χ2v) is 2.40. The Balaban J connectivity index is 2.90. The van der Waals surface area contributed by atoms with E-state index in [1.54, 1.807) is 6.20 Å². The zero-order chi connectivity index (χ0) is 11.9. The molecule has 2 heteroatoms. The van der Waals surface area contributed by atoms with Crippen LogP contribution in [-0.4, -0.2) is 4.98 Å². The molecule has 0 fully saturated rings. The number of benzene rings is 1. The Hall–Kier alpha value is -1.75. The van der Waals surface area contributed by atoms with Crippen molar-refractivity contribution < 1.29 is 5.48 Å². The number of para-hydroxylation sites is 1. The lowest BCUT2D eigenvalue weighted by Crippen LogP contribution is -1.75. The highest BCUT2D eigenvalue weighted by molar-refractivity contribution is 5.83. The molecule has 0 amide bonds. The van der Waals surface area contributed by atoms with Crippen LogP contribution in [0.4, 0.5) is 0 Å². The van der Waals surface area contributed by atoms with Crippen LogP contribution in [0.25, 0.3) is 10.9 Å². The number of nitrogens with one attached hydrogen (secondary N) is 1. The van der Waals surface area contributed by atoms with E-state index in [1.165, 1.54) is 0 Å². The van der Waals surface area contributed by atoms with E-state index < -0.39 is 0 Å². The molecule has 0 bridgehead atoms. The van der Waals surface area contributed by atoms with Crippen LogP contribution in [-0.2, 0) is 6.42 Å². The predicted octanol–water partition coefficient (Wildman–Crippen LogP) is 2.23. The van der Waals surface area contributed by atoms with Crippen molar-refractivity contribution in [3.63, 3.8) is 0 Å². The molecule has 0 aliphatic heterocycles. The highest BCUT2D eigenvalue weighted by atomic mass is 14.7. The van der Waals surface area contributed by atoms with Gasteiger partial charge in [0.1, 0.15) is 0 Å². The summed E-state index contributed by atoms with van der Waals surface area (Å²) in [6.07, 6.45) is 1.69. The quantitative estimate of drug-likeness (QED) is 0.682. The first kappa shape index (κ1) is 3.77. The number of nitrogens with zero attached hydrogens (tertiary/aromatic N) is 1. The SMILES string of the molecule is [2H]c1c([2H])c([2H])c2c(CC#N)c[nH]c2c1[2H]. The van der Waals surface area contributed by atoms with Crippen molar-refractivity contribution in [3.8, 4) is 6.07 Å². The highest BCUT2D eigenvalue weighted by Gasteiger charge is 2.00. The van der Waals surface area contributed by atoms with E-state index in [-0.39, 0.29) is 30.6 Å². The number of nitriles is 1. The van der Waals surface area contributed by atoms with Crippen LogP contribution in [0.2, 0.25) is 0 Å². The van der Waals surface area contributed by atoms with Crippen LogP contribution < -0.4 is 0 Å². The fraction of sp³-hybridized carbons (Fsp3) is 0.100. The minimum atomic E-state index is -0.267. The number of rotatable bonds is 1. The van der Waals surface area contributed by atoms with Crippen LogP contribution in [0.3, 0.4) is 0 Å². The molecule has 58 valence electrons. The molecule has 0 aliphatic rings. The first-order valence-corrected chi connectivity index (χ1v) is 3.51. The Kier molecular flexibility index (Phi) is 0.851. The third kappa shape index (κ3) is 0.960. The first-order chi connectivity index (χ1) is 7.57. The monoisotopic (exact) mass is 160 g/mol. The molecule has 0 aliphatic carbocycles. The third-order valence-corrected chi connectivity index (χ3v) is 1.67. The lowest BCUT2D eigenvalue weighted by atomic mass is 10.1. The van der Waals surface area contributed by atoms with Gasteiger partial charge in [0.25, 0.3) is 0 Å². The number of aromatic amines is 1. The van der Waals surface area contributed by atoms with Gasteiger partial charge in [0, 0.05) is 17.1 Å². The van der Waals surface area contributed by atoms with E-state index in [9.17, 15) is 0 Å². The second-order valence-electron chi connectivity index (χ2n) is 2.40. The van der Waals surface area contributed by atoms with Crippen molar-refractivity contribution in [2.75, 3.05) is 0 Å². The maximum Gasteiger partial charge on any atom is 0.0670 e. The van der Waals surface area contributed by atoms with Crippen LogP contribution in [0.5, 0.6) is 0 Å². The zero-order valence-electron chi connectivity index (χ0n) is 10.2. The zero-order valence-corrected chi connectivity index (χ0v) is 6.23. The fourth-order valence-electron chi connectivity index (χ4n) is 1.12. The van der Waals surface area contributed by atoms with Crippen molar-refractivity contribution in [3.05, 3.63) is 35.9 Å². The van der Waals surface area contributed by atoms with Crippen molar-refractivity contribution in [2.45, 2.75) is 6.42 Å². The average molecular weight is 160 g/mol. The van der Waals surface area contributed by atoms with Gasteiger partial charge in [0.15, 0.2) is 0 Å². The Morgan fingerprint density at radius 1 is 1.50 bits per heavy atom. The number of fused-ring (bicyclic) bond motifs is 1. The Morgan fingerprint density at radius 3 is 3.17 bits per heavy atom. The molecule has 0 atom stereocenters.